The predicted molar refractivity (Wildman–Crippen MR) is 66.0 cm³/mol. The van der Waals surface area contributed by atoms with Crippen LogP contribution in [-0.2, 0) is 0 Å². The maximum absolute atomic E-state index is 3.32. The van der Waals surface area contributed by atoms with Crippen LogP contribution in [0.1, 0.15) is 31.7 Å². The first-order valence-electron chi connectivity index (χ1n) is 5.49. The van der Waals surface area contributed by atoms with Crippen LogP contribution >= 0.6 is 0 Å². The van der Waals surface area contributed by atoms with Crippen LogP contribution in [0.4, 0.5) is 0 Å². The van der Waals surface area contributed by atoms with E-state index >= 15 is 0 Å². The van der Waals surface area contributed by atoms with Gasteiger partial charge >= 0.3 is 0 Å². The third-order valence-corrected chi connectivity index (χ3v) is 2.69. The minimum atomic E-state index is 0.582. The second-order valence-electron chi connectivity index (χ2n) is 4.18. The van der Waals surface area contributed by atoms with Crippen LogP contribution in [-0.4, -0.2) is 0 Å². The summed E-state index contributed by atoms with van der Waals surface area (Å²) in [5, 5.41) is 2.51. The second kappa shape index (κ2) is 4.33. The number of allylic oxidation sites excluding steroid dienone is 3. The quantitative estimate of drug-likeness (QED) is 0.647. The highest BCUT2D eigenvalue weighted by atomic mass is 14.0. The molecule has 0 fully saturated rings. The average molecular weight is 196 g/mol. The van der Waals surface area contributed by atoms with Gasteiger partial charge in [0.1, 0.15) is 0 Å². The molecule has 0 bridgehead atoms. The van der Waals surface area contributed by atoms with Crippen LogP contribution < -0.4 is 10.4 Å². The molecule has 0 heteroatoms. The van der Waals surface area contributed by atoms with Crippen LogP contribution in [0.15, 0.2) is 36.4 Å². The maximum atomic E-state index is 3.32. The lowest BCUT2D eigenvalue weighted by atomic mass is 10.0. The lowest BCUT2D eigenvalue weighted by molar-refractivity contribution is 0.864. The second-order valence-corrected chi connectivity index (χ2v) is 4.18. The summed E-state index contributed by atoms with van der Waals surface area (Å²) in [5.41, 5.74) is 4.70. The molecule has 0 unspecified atom stereocenters. The van der Waals surface area contributed by atoms with Gasteiger partial charge in [-0.1, -0.05) is 44.2 Å². The smallest absolute Gasteiger partial charge is 0.0236 e. The normalized spacial score (nSPS) is 18.2. The number of hydrogen-bond acceptors (Lipinski definition) is 0. The molecule has 0 heterocycles. The van der Waals surface area contributed by atoms with Crippen molar-refractivity contribution in [3.63, 3.8) is 0 Å². The maximum Gasteiger partial charge on any atom is 0.0236 e. The van der Waals surface area contributed by atoms with E-state index in [1.54, 1.807) is 0 Å². The van der Waals surface area contributed by atoms with Crippen molar-refractivity contribution >= 4 is 11.8 Å². The topological polar surface area (TPSA) is 0 Å². The van der Waals surface area contributed by atoms with Gasteiger partial charge in [-0.3, -0.25) is 0 Å². The van der Waals surface area contributed by atoms with Crippen molar-refractivity contribution in [2.45, 2.75) is 26.2 Å². The molecule has 0 aliphatic heterocycles. The molecular formula is C15H16. The predicted octanol–water partition coefficient (Wildman–Crippen LogP) is 2.49. The SMILES string of the molecule is CC(C)c1cc/c2c(c1)=C=C/C=C\C\C=2. The van der Waals surface area contributed by atoms with E-state index in [0.717, 1.165) is 6.42 Å². The number of benzene rings is 1. The van der Waals surface area contributed by atoms with Crippen molar-refractivity contribution in [2.24, 2.45) is 0 Å². The van der Waals surface area contributed by atoms with Gasteiger partial charge in [0.15, 0.2) is 0 Å². The first-order valence-corrected chi connectivity index (χ1v) is 5.49. The molecule has 1 aliphatic carbocycles. The Labute approximate surface area is 91.0 Å². The number of hydrogen-bond donors (Lipinski definition) is 0. The molecule has 0 spiro atoms. The van der Waals surface area contributed by atoms with E-state index in [1.807, 2.05) is 6.08 Å². The van der Waals surface area contributed by atoms with Gasteiger partial charge in [0.05, 0.1) is 0 Å². The van der Waals surface area contributed by atoms with E-state index in [1.165, 1.54) is 16.0 Å². The standard InChI is InChI=1S/C15H16/c1-12(2)14-10-9-13-7-5-3-4-6-8-15(13)11-14/h3-4,6-7,9-12H,5H2,1-2H3/b4-3-,13-7-. The summed E-state index contributed by atoms with van der Waals surface area (Å²) < 4.78 is 0. The summed E-state index contributed by atoms with van der Waals surface area (Å²) in [4.78, 5) is 0. The fourth-order valence-electron chi connectivity index (χ4n) is 1.72. The van der Waals surface area contributed by atoms with Crippen LogP contribution in [0.25, 0.3) is 11.8 Å². The van der Waals surface area contributed by atoms with Gasteiger partial charge in [-0.2, -0.15) is 0 Å². The number of fused-ring (bicyclic) bond motifs is 1. The molecule has 15 heavy (non-hydrogen) atoms. The summed E-state index contributed by atoms with van der Waals surface area (Å²) in [7, 11) is 0. The summed E-state index contributed by atoms with van der Waals surface area (Å²) in [6.07, 6.45) is 9.45. The largest absolute Gasteiger partial charge is 0.112 e. The molecule has 1 aromatic carbocycles. The highest BCUT2D eigenvalue weighted by Gasteiger charge is 1.97. The Balaban J connectivity index is 2.71. The Kier molecular flexibility index (Phi) is 2.89. The van der Waals surface area contributed by atoms with Gasteiger partial charge < -0.3 is 0 Å². The van der Waals surface area contributed by atoms with E-state index in [4.69, 9.17) is 0 Å². The van der Waals surface area contributed by atoms with Crippen molar-refractivity contribution in [2.75, 3.05) is 0 Å². The summed E-state index contributed by atoms with van der Waals surface area (Å²) in [6.45, 7) is 4.44. The average Bonchev–Trinajstić information content (AvgIpc) is 2.18. The van der Waals surface area contributed by atoms with E-state index < -0.39 is 0 Å². The van der Waals surface area contributed by atoms with Gasteiger partial charge in [-0.25, -0.2) is 0 Å². The molecule has 0 saturated carbocycles. The molecular weight excluding hydrogens is 180 g/mol. The minimum absolute atomic E-state index is 0.582. The lowest BCUT2D eigenvalue weighted by Gasteiger charge is -2.04. The molecule has 76 valence electrons. The molecule has 2 rings (SSSR count). The molecule has 0 atom stereocenters. The zero-order chi connectivity index (χ0) is 10.7. The first-order chi connectivity index (χ1) is 7.27. The summed E-state index contributed by atoms with van der Waals surface area (Å²) in [6, 6.07) is 6.66. The molecule has 1 aliphatic rings. The first kappa shape index (κ1) is 10.0. The van der Waals surface area contributed by atoms with E-state index in [0.29, 0.717) is 5.92 Å². The highest BCUT2D eigenvalue weighted by Crippen LogP contribution is 2.09. The molecule has 1 aromatic rings. The molecule has 0 N–H and O–H groups in total. The van der Waals surface area contributed by atoms with Gasteiger partial charge in [-0.15, -0.1) is 5.73 Å². The van der Waals surface area contributed by atoms with Gasteiger partial charge in [0.25, 0.3) is 0 Å². The fourth-order valence-corrected chi connectivity index (χ4v) is 1.72. The highest BCUT2D eigenvalue weighted by molar-refractivity contribution is 5.38. The zero-order valence-corrected chi connectivity index (χ0v) is 9.33. The van der Waals surface area contributed by atoms with Crippen LogP contribution in [0.2, 0.25) is 0 Å². The van der Waals surface area contributed by atoms with Crippen LogP contribution in [0.5, 0.6) is 0 Å². The third kappa shape index (κ3) is 2.29. The lowest BCUT2D eigenvalue weighted by Crippen LogP contribution is -2.24. The molecule has 0 radical (unpaired) electrons. The van der Waals surface area contributed by atoms with E-state index in [-0.39, 0.29) is 0 Å². The Morgan fingerprint density at radius 1 is 1.27 bits per heavy atom. The van der Waals surface area contributed by atoms with Gasteiger partial charge in [0, 0.05) is 5.22 Å². The van der Waals surface area contributed by atoms with E-state index in [9.17, 15) is 0 Å². The Bertz CT molecular complexity index is 524. The summed E-state index contributed by atoms with van der Waals surface area (Å²) in [5.74, 6) is 0.582. The van der Waals surface area contributed by atoms with Crippen LogP contribution in [0.3, 0.4) is 0 Å². The van der Waals surface area contributed by atoms with Crippen molar-refractivity contribution in [3.05, 3.63) is 52.4 Å². The molecule has 0 amide bonds. The van der Waals surface area contributed by atoms with Crippen molar-refractivity contribution < 1.29 is 0 Å². The molecule has 0 nitrogen and oxygen atoms in total. The Morgan fingerprint density at radius 2 is 2.13 bits per heavy atom. The van der Waals surface area contributed by atoms with Gasteiger partial charge in [0.2, 0.25) is 0 Å². The van der Waals surface area contributed by atoms with Crippen LogP contribution in [0, 0.1) is 0 Å². The summed E-state index contributed by atoms with van der Waals surface area (Å²) >= 11 is 0. The van der Waals surface area contributed by atoms with Crippen molar-refractivity contribution in [1.82, 2.24) is 0 Å². The zero-order valence-electron chi connectivity index (χ0n) is 9.33. The number of rotatable bonds is 1. The van der Waals surface area contributed by atoms with Crippen molar-refractivity contribution in [3.8, 4) is 0 Å². The molecule has 0 aromatic heterocycles. The van der Waals surface area contributed by atoms with E-state index in [2.05, 4.69) is 56.0 Å². The monoisotopic (exact) mass is 196 g/mol. The fraction of sp³-hybridized carbons (Fsp3) is 0.267. The molecule has 0 saturated heterocycles. The third-order valence-electron chi connectivity index (χ3n) is 2.69. The Hall–Kier alpha value is -1.52. The van der Waals surface area contributed by atoms with Gasteiger partial charge in [-0.05, 0) is 35.3 Å². The van der Waals surface area contributed by atoms with Crippen molar-refractivity contribution in [1.29, 1.82) is 0 Å². The minimum Gasteiger partial charge on any atom is -0.112 e. The Morgan fingerprint density at radius 3 is 2.93 bits per heavy atom.